The standard InChI is InChI=1S/C13H18ClN3S2/c1-15-13-16-12(10-6-9(14)8-18-10)11(19-13)7-17-4-2-3-5-17/h6,8,13,15-16H,2-5,7H2,1H3. The maximum absolute atomic E-state index is 6.05. The zero-order valence-corrected chi connectivity index (χ0v) is 13.3. The van der Waals surface area contributed by atoms with Crippen LogP contribution in [0, 0.1) is 0 Å². The molecule has 1 fully saturated rings. The Labute approximate surface area is 127 Å². The van der Waals surface area contributed by atoms with E-state index in [-0.39, 0.29) is 5.50 Å². The Balaban J connectivity index is 1.81. The highest BCUT2D eigenvalue weighted by Crippen LogP contribution is 2.38. The summed E-state index contributed by atoms with van der Waals surface area (Å²) >= 11 is 9.65. The number of rotatable bonds is 4. The van der Waals surface area contributed by atoms with Gasteiger partial charge in [0.1, 0.15) is 5.50 Å². The van der Waals surface area contributed by atoms with Crippen molar-refractivity contribution in [1.82, 2.24) is 15.5 Å². The Hall–Kier alpha value is -0.200. The minimum atomic E-state index is 0.272. The Kier molecular flexibility index (Phi) is 4.39. The van der Waals surface area contributed by atoms with Crippen molar-refractivity contribution in [2.45, 2.75) is 18.3 Å². The van der Waals surface area contributed by atoms with Crippen LogP contribution in [0.1, 0.15) is 17.7 Å². The van der Waals surface area contributed by atoms with E-state index in [9.17, 15) is 0 Å². The van der Waals surface area contributed by atoms with Crippen LogP contribution >= 0.6 is 34.7 Å². The first kappa shape index (κ1) is 13.8. The minimum Gasteiger partial charge on any atom is -0.359 e. The smallest absolute Gasteiger partial charge is 0.129 e. The molecule has 3 nitrogen and oxygen atoms in total. The molecular formula is C13H18ClN3S2. The number of thiophene rings is 1. The quantitative estimate of drug-likeness (QED) is 0.893. The number of likely N-dealkylation sites (tertiary alicyclic amines) is 1. The molecule has 2 aliphatic heterocycles. The first-order valence-corrected chi connectivity index (χ1v) is 8.70. The summed E-state index contributed by atoms with van der Waals surface area (Å²) in [5.74, 6) is 0. The van der Waals surface area contributed by atoms with Crippen LogP contribution in [0.3, 0.4) is 0 Å². The fourth-order valence-electron chi connectivity index (χ4n) is 2.49. The highest BCUT2D eigenvalue weighted by atomic mass is 35.5. The molecule has 19 heavy (non-hydrogen) atoms. The average Bonchev–Trinajstić information content (AvgIpc) is 3.10. The molecule has 3 heterocycles. The molecule has 0 aliphatic carbocycles. The lowest BCUT2D eigenvalue weighted by Gasteiger charge is -2.15. The number of halogens is 1. The summed E-state index contributed by atoms with van der Waals surface area (Å²) in [7, 11) is 1.99. The second kappa shape index (κ2) is 6.06. The predicted octanol–water partition coefficient (Wildman–Crippen LogP) is 3.01. The van der Waals surface area contributed by atoms with Crippen molar-refractivity contribution in [2.24, 2.45) is 0 Å². The topological polar surface area (TPSA) is 27.3 Å². The summed E-state index contributed by atoms with van der Waals surface area (Å²) in [6.45, 7) is 3.51. The molecule has 1 aromatic heterocycles. The van der Waals surface area contributed by atoms with E-state index in [0.29, 0.717) is 0 Å². The Morgan fingerprint density at radius 3 is 2.89 bits per heavy atom. The monoisotopic (exact) mass is 315 g/mol. The van der Waals surface area contributed by atoms with E-state index < -0.39 is 0 Å². The zero-order chi connectivity index (χ0) is 13.2. The normalized spacial score (nSPS) is 24.2. The first-order chi connectivity index (χ1) is 9.26. The number of nitrogens with zero attached hydrogens (tertiary/aromatic N) is 1. The van der Waals surface area contributed by atoms with E-state index in [1.165, 1.54) is 41.4 Å². The maximum Gasteiger partial charge on any atom is 0.129 e. The van der Waals surface area contributed by atoms with Crippen molar-refractivity contribution in [2.75, 3.05) is 26.7 Å². The number of nitrogens with one attached hydrogen (secondary N) is 2. The second-order valence-corrected chi connectivity index (χ2v) is 7.39. The predicted molar refractivity (Wildman–Crippen MR) is 85.5 cm³/mol. The molecule has 0 radical (unpaired) electrons. The molecule has 1 saturated heterocycles. The van der Waals surface area contributed by atoms with Crippen molar-refractivity contribution in [3.05, 3.63) is 26.3 Å². The molecule has 1 unspecified atom stereocenters. The van der Waals surface area contributed by atoms with Crippen LogP contribution in [0.4, 0.5) is 0 Å². The van der Waals surface area contributed by atoms with Gasteiger partial charge in [-0.25, -0.2) is 0 Å². The zero-order valence-electron chi connectivity index (χ0n) is 10.9. The van der Waals surface area contributed by atoms with Crippen LogP contribution in [-0.2, 0) is 0 Å². The van der Waals surface area contributed by atoms with Crippen molar-refractivity contribution in [3.63, 3.8) is 0 Å². The fourth-order valence-corrected chi connectivity index (χ4v) is 4.78. The van der Waals surface area contributed by atoms with Gasteiger partial charge in [-0.15, -0.1) is 11.3 Å². The van der Waals surface area contributed by atoms with Crippen LogP contribution in [0.15, 0.2) is 16.4 Å². The third-order valence-electron chi connectivity index (χ3n) is 3.46. The summed E-state index contributed by atoms with van der Waals surface area (Å²) in [4.78, 5) is 5.21. The van der Waals surface area contributed by atoms with Gasteiger partial charge in [0, 0.05) is 16.8 Å². The van der Waals surface area contributed by atoms with Crippen molar-refractivity contribution < 1.29 is 0 Å². The first-order valence-electron chi connectivity index (χ1n) is 6.56. The lowest BCUT2D eigenvalue weighted by Crippen LogP contribution is -2.32. The molecule has 0 spiro atoms. The van der Waals surface area contributed by atoms with E-state index >= 15 is 0 Å². The third kappa shape index (κ3) is 3.11. The molecule has 104 valence electrons. The lowest BCUT2D eigenvalue weighted by molar-refractivity contribution is 0.375. The Bertz CT molecular complexity index is 480. The SMILES string of the molecule is CNC1NC(c2cc(Cl)cs2)=C(CN2CCCC2)S1. The van der Waals surface area contributed by atoms with Gasteiger partial charge < -0.3 is 5.32 Å². The molecule has 0 bridgehead atoms. The lowest BCUT2D eigenvalue weighted by atomic mass is 10.3. The van der Waals surface area contributed by atoms with Crippen molar-refractivity contribution in [3.8, 4) is 0 Å². The van der Waals surface area contributed by atoms with Gasteiger partial charge in [-0.1, -0.05) is 23.4 Å². The second-order valence-electron chi connectivity index (χ2n) is 4.84. The molecule has 1 atom stereocenters. The minimum absolute atomic E-state index is 0.272. The summed E-state index contributed by atoms with van der Waals surface area (Å²) in [5, 5.41) is 9.66. The summed E-state index contributed by atoms with van der Waals surface area (Å²) in [5.41, 5.74) is 1.53. The maximum atomic E-state index is 6.05. The van der Waals surface area contributed by atoms with Gasteiger partial charge in [0.15, 0.2) is 0 Å². The number of hydrogen-bond donors (Lipinski definition) is 2. The number of thioether (sulfide) groups is 1. The third-order valence-corrected chi connectivity index (χ3v) is 5.96. The van der Waals surface area contributed by atoms with Crippen molar-refractivity contribution >= 4 is 40.4 Å². The van der Waals surface area contributed by atoms with E-state index in [0.717, 1.165) is 11.6 Å². The fraction of sp³-hybridized carbons (Fsp3) is 0.538. The van der Waals surface area contributed by atoms with Crippen LogP contribution < -0.4 is 10.6 Å². The molecule has 6 heteroatoms. The van der Waals surface area contributed by atoms with Gasteiger partial charge >= 0.3 is 0 Å². The van der Waals surface area contributed by atoms with Gasteiger partial charge in [-0.3, -0.25) is 10.2 Å². The number of hydrogen-bond acceptors (Lipinski definition) is 5. The highest BCUT2D eigenvalue weighted by molar-refractivity contribution is 8.04. The van der Waals surface area contributed by atoms with Crippen LogP contribution in [0.2, 0.25) is 5.02 Å². The van der Waals surface area contributed by atoms with Crippen LogP contribution in [0.25, 0.3) is 5.70 Å². The van der Waals surface area contributed by atoms with E-state index in [4.69, 9.17) is 11.6 Å². The molecular weight excluding hydrogens is 298 g/mol. The summed E-state index contributed by atoms with van der Waals surface area (Å²) in [6, 6.07) is 2.05. The molecule has 2 aliphatic rings. The van der Waals surface area contributed by atoms with E-state index in [1.54, 1.807) is 11.3 Å². The Morgan fingerprint density at radius 2 is 2.26 bits per heavy atom. The van der Waals surface area contributed by atoms with E-state index in [2.05, 4.69) is 21.6 Å². The average molecular weight is 316 g/mol. The molecule has 0 aromatic carbocycles. The van der Waals surface area contributed by atoms with Crippen molar-refractivity contribution in [1.29, 1.82) is 0 Å². The Morgan fingerprint density at radius 1 is 1.47 bits per heavy atom. The van der Waals surface area contributed by atoms with Crippen LogP contribution in [0.5, 0.6) is 0 Å². The molecule has 0 saturated carbocycles. The molecule has 1 aromatic rings. The van der Waals surface area contributed by atoms with Gasteiger partial charge in [-0.2, -0.15) is 0 Å². The van der Waals surface area contributed by atoms with Gasteiger partial charge in [0.2, 0.25) is 0 Å². The molecule has 2 N–H and O–H groups in total. The van der Waals surface area contributed by atoms with Crippen LogP contribution in [-0.4, -0.2) is 37.1 Å². The summed E-state index contributed by atoms with van der Waals surface area (Å²) in [6.07, 6.45) is 2.67. The molecule has 0 amide bonds. The highest BCUT2D eigenvalue weighted by Gasteiger charge is 2.27. The molecule has 3 rings (SSSR count). The largest absolute Gasteiger partial charge is 0.359 e. The van der Waals surface area contributed by atoms with Gasteiger partial charge in [0.25, 0.3) is 0 Å². The summed E-state index contributed by atoms with van der Waals surface area (Å²) < 4.78 is 0. The van der Waals surface area contributed by atoms with Gasteiger partial charge in [-0.05, 0) is 39.0 Å². The van der Waals surface area contributed by atoms with Gasteiger partial charge in [0.05, 0.1) is 15.6 Å². The van der Waals surface area contributed by atoms with E-state index in [1.807, 2.05) is 24.2 Å².